The minimum atomic E-state index is -4.35. The van der Waals surface area contributed by atoms with E-state index in [1.807, 2.05) is 0 Å². The Balaban J connectivity index is 1.78. The molecule has 0 spiro atoms. The zero-order chi connectivity index (χ0) is 22.1. The van der Waals surface area contributed by atoms with Crippen LogP contribution >= 0.6 is 11.8 Å². The lowest BCUT2D eigenvalue weighted by Crippen LogP contribution is -2.13. The molecule has 162 valence electrons. The van der Waals surface area contributed by atoms with E-state index in [-0.39, 0.29) is 39.7 Å². The molecule has 0 bridgehead atoms. The topological polar surface area (TPSA) is 69.7 Å². The fourth-order valence-corrected chi connectivity index (χ4v) is 4.34. The molecule has 2 aromatic rings. The third-order valence-corrected chi connectivity index (χ3v) is 6.58. The van der Waals surface area contributed by atoms with Gasteiger partial charge in [-0.25, -0.2) is 0 Å². The monoisotopic (exact) mass is 460 g/mol. The van der Waals surface area contributed by atoms with Gasteiger partial charge in [0.25, 0.3) is 0 Å². The molecular weight excluding hydrogens is 441 g/mol. The first kappa shape index (κ1) is 22.5. The van der Waals surface area contributed by atoms with E-state index < -0.39 is 21.5 Å². The van der Waals surface area contributed by atoms with Crippen LogP contribution in [-0.2, 0) is 23.0 Å². The molecule has 2 aromatic carbocycles. The molecule has 5 nitrogen and oxygen atoms in total. The van der Waals surface area contributed by atoms with Gasteiger partial charge in [-0.2, -0.15) is 21.6 Å². The largest absolute Gasteiger partial charge is 0.493 e. The average molecular weight is 460 g/mol. The van der Waals surface area contributed by atoms with Gasteiger partial charge in [-0.3, -0.25) is 4.79 Å². The van der Waals surface area contributed by atoms with Crippen molar-refractivity contribution in [3.8, 4) is 11.5 Å². The highest BCUT2D eigenvalue weighted by molar-refractivity contribution is 8.00. The Kier molecular flexibility index (Phi) is 6.37. The van der Waals surface area contributed by atoms with Crippen molar-refractivity contribution in [2.75, 3.05) is 12.9 Å². The SMILES string of the molecule is CCS(=O)(=O)Oc1cc2c(cc1OC)CC(Cc1ccc(SC(F)(F)F)cc1)C2=O. The summed E-state index contributed by atoms with van der Waals surface area (Å²) in [6, 6.07) is 8.89. The van der Waals surface area contributed by atoms with Crippen LogP contribution in [0.1, 0.15) is 28.4 Å². The molecule has 1 unspecified atom stereocenters. The van der Waals surface area contributed by atoms with Gasteiger partial charge in [0, 0.05) is 16.4 Å². The van der Waals surface area contributed by atoms with Crippen LogP contribution in [0.4, 0.5) is 13.2 Å². The van der Waals surface area contributed by atoms with E-state index in [0.29, 0.717) is 24.0 Å². The Bertz CT molecular complexity index is 1050. The number of fused-ring (bicyclic) bond motifs is 1. The second-order valence-electron chi connectivity index (χ2n) is 6.75. The van der Waals surface area contributed by atoms with Gasteiger partial charge in [0.2, 0.25) is 0 Å². The van der Waals surface area contributed by atoms with Crippen LogP contribution in [0.3, 0.4) is 0 Å². The van der Waals surface area contributed by atoms with Gasteiger partial charge in [0.05, 0.1) is 12.9 Å². The zero-order valence-electron chi connectivity index (χ0n) is 16.2. The molecule has 10 heteroatoms. The summed E-state index contributed by atoms with van der Waals surface area (Å²) >= 11 is -0.189. The number of alkyl halides is 3. The summed E-state index contributed by atoms with van der Waals surface area (Å²) in [5.74, 6) is -0.621. The minimum Gasteiger partial charge on any atom is -0.493 e. The number of rotatable bonds is 7. The molecule has 1 aliphatic rings. The van der Waals surface area contributed by atoms with Crippen LogP contribution in [0, 0.1) is 5.92 Å². The van der Waals surface area contributed by atoms with Crippen molar-refractivity contribution in [1.29, 1.82) is 0 Å². The summed E-state index contributed by atoms with van der Waals surface area (Å²) in [6.07, 6.45) is 0.778. The second-order valence-corrected chi connectivity index (χ2v) is 9.75. The van der Waals surface area contributed by atoms with E-state index in [0.717, 1.165) is 5.56 Å². The lowest BCUT2D eigenvalue weighted by Gasteiger charge is -2.11. The molecule has 0 N–H and O–H groups in total. The van der Waals surface area contributed by atoms with E-state index in [1.165, 1.54) is 32.2 Å². The molecular formula is C20H19F3O5S2. The number of carbonyl (C=O) groups excluding carboxylic acids is 1. The Morgan fingerprint density at radius 3 is 2.37 bits per heavy atom. The molecule has 0 saturated carbocycles. The lowest BCUT2D eigenvalue weighted by atomic mass is 9.96. The number of thioether (sulfide) groups is 1. The molecule has 0 saturated heterocycles. The highest BCUT2D eigenvalue weighted by Crippen LogP contribution is 2.39. The average Bonchev–Trinajstić information content (AvgIpc) is 2.96. The first-order valence-electron chi connectivity index (χ1n) is 9.03. The standard InChI is InChI=1S/C20H19F3O5S2/c1-3-30(25,26)28-18-11-16-13(10-17(18)27-2)9-14(19(16)24)8-12-4-6-15(7-5-12)29-20(21,22)23/h4-7,10-11,14H,3,8-9H2,1-2H3. The Labute approximate surface area is 176 Å². The van der Waals surface area contributed by atoms with Gasteiger partial charge in [0.1, 0.15) is 0 Å². The summed E-state index contributed by atoms with van der Waals surface area (Å²) in [5.41, 5.74) is -2.53. The smallest absolute Gasteiger partial charge is 0.446 e. The van der Waals surface area contributed by atoms with Crippen LogP contribution in [0.2, 0.25) is 0 Å². The number of ether oxygens (including phenoxy) is 1. The normalized spacial score (nSPS) is 16.4. The van der Waals surface area contributed by atoms with E-state index in [9.17, 15) is 26.4 Å². The fraction of sp³-hybridized carbons (Fsp3) is 0.350. The summed E-state index contributed by atoms with van der Waals surface area (Å²) in [6.45, 7) is 1.44. The number of carbonyl (C=O) groups is 1. The molecule has 1 aliphatic carbocycles. The third-order valence-electron chi connectivity index (χ3n) is 4.70. The summed E-state index contributed by atoms with van der Waals surface area (Å²) in [7, 11) is -2.42. The van der Waals surface area contributed by atoms with E-state index in [1.54, 1.807) is 18.2 Å². The molecule has 30 heavy (non-hydrogen) atoms. The molecule has 0 heterocycles. The highest BCUT2D eigenvalue weighted by Gasteiger charge is 2.33. The molecule has 0 radical (unpaired) electrons. The third kappa shape index (κ3) is 5.28. The fourth-order valence-electron chi connectivity index (χ4n) is 3.28. The maximum atomic E-state index is 12.8. The number of Topliss-reactive ketones (excluding diaryl/α,β-unsaturated/α-hetero) is 1. The van der Waals surface area contributed by atoms with Crippen molar-refractivity contribution >= 4 is 27.7 Å². The quantitative estimate of drug-likeness (QED) is 0.443. The number of halogens is 3. The highest BCUT2D eigenvalue weighted by atomic mass is 32.2. The van der Waals surface area contributed by atoms with Crippen molar-refractivity contribution in [2.45, 2.75) is 30.2 Å². The Morgan fingerprint density at radius 1 is 1.13 bits per heavy atom. The maximum absolute atomic E-state index is 12.8. The summed E-state index contributed by atoms with van der Waals surface area (Å²) in [5, 5.41) is 0. The van der Waals surface area contributed by atoms with Crippen LogP contribution in [-0.4, -0.2) is 32.6 Å². The number of hydrogen-bond donors (Lipinski definition) is 0. The van der Waals surface area contributed by atoms with Crippen molar-refractivity contribution in [1.82, 2.24) is 0 Å². The van der Waals surface area contributed by atoms with E-state index in [2.05, 4.69) is 0 Å². The van der Waals surface area contributed by atoms with Crippen LogP contribution in [0.5, 0.6) is 11.5 Å². The molecule has 0 aliphatic heterocycles. The zero-order valence-corrected chi connectivity index (χ0v) is 17.8. The first-order valence-corrected chi connectivity index (χ1v) is 11.4. The molecule has 3 rings (SSSR count). The Hall–Kier alpha value is -2.20. The molecule has 1 atom stereocenters. The Morgan fingerprint density at radius 2 is 1.80 bits per heavy atom. The van der Waals surface area contributed by atoms with Gasteiger partial charge < -0.3 is 8.92 Å². The van der Waals surface area contributed by atoms with E-state index >= 15 is 0 Å². The van der Waals surface area contributed by atoms with Crippen molar-refractivity contribution in [3.05, 3.63) is 53.1 Å². The van der Waals surface area contributed by atoms with Gasteiger partial charge in [-0.1, -0.05) is 12.1 Å². The first-order chi connectivity index (χ1) is 14.0. The maximum Gasteiger partial charge on any atom is 0.446 e. The van der Waals surface area contributed by atoms with Gasteiger partial charge in [-0.05, 0) is 66.9 Å². The summed E-state index contributed by atoms with van der Waals surface area (Å²) in [4.78, 5) is 12.9. The molecule has 0 fully saturated rings. The summed E-state index contributed by atoms with van der Waals surface area (Å²) < 4.78 is 71.2. The lowest BCUT2D eigenvalue weighted by molar-refractivity contribution is -0.0328. The number of ketones is 1. The second kappa shape index (κ2) is 8.50. The van der Waals surface area contributed by atoms with Crippen LogP contribution in [0.25, 0.3) is 0 Å². The van der Waals surface area contributed by atoms with Crippen molar-refractivity contribution in [3.63, 3.8) is 0 Å². The number of benzene rings is 2. The van der Waals surface area contributed by atoms with Crippen molar-refractivity contribution < 1.29 is 35.3 Å². The van der Waals surface area contributed by atoms with Crippen LogP contribution in [0.15, 0.2) is 41.3 Å². The van der Waals surface area contributed by atoms with Crippen LogP contribution < -0.4 is 8.92 Å². The van der Waals surface area contributed by atoms with Crippen molar-refractivity contribution in [2.24, 2.45) is 5.92 Å². The molecule has 0 amide bonds. The van der Waals surface area contributed by atoms with Gasteiger partial charge in [-0.15, -0.1) is 0 Å². The number of hydrogen-bond acceptors (Lipinski definition) is 6. The van der Waals surface area contributed by atoms with Gasteiger partial charge in [0.15, 0.2) is 17.3 Å². The molecule has 0 aromatic heterocycles. The predicted octanol–water partition coefficient (Wildman–Crippen LogP) is 4.63. The van der Waals surface area contributed by atoms with Gasteiger partial charge >= 0.3 is 15.6 Å². The predicted molar refractivity (Wildman–Crippen MR) is 107 cm³/mol. The minimum absolute atomic E-state index is 0.0411. The number of methoxy groups -OCH3 is 1. The van der Waals surface area contributed by atoms with E-state index in [4.69, 9.17) is 8.92 Å².